The third-order valence-electron chi connectivity index (χ3n) is 4.38. The van der Waals surface area contributed by atoms with Crippen LogP contribution in [0.5, 0.6) is 0 Å². The molecule has 1 N–H and O–H groups in total. The van der Waals surface area contributed by atoms with Gasteiger partial charge in [-0.05, 0) is 43.9 Å². The minimum Gasteiger partial charge on any atom is -0.370 e. The first-order valence-electron chi connectivity index (χ1n) is 8.92. The van der Waals surface area contributed by atoms with Crippen molar-refractivity contribution in [3.05, 3.63) is 52.4 Å². The highest BCUT2D eigenvalue weighted by atomic mass is 16.2. The first-order valence-corrected chi connectivity index (χ1v) is 8.92. The molecule has 2 heterocycles. The standard InChI is InChI=1S/C19H24N4O2/c1-2-12-23-18(24)11-10-16(21-23)19(25)20-15-8-4-5-9-17(15)22-13-6-3-7-14-22/h4-5,8-11H,2-3,6-7,12-14H2,1H3,(H,20,25). The fourth-order valence-corrected chi connectivity index (χ4v) is 3.12. The highest BCUT2D eigenvalue weighted by Gasteiger charge is 2.17. The lowest BCUT2D eigenvalue weighted by atomic mass is 10.1. The Morgan fingerprint density at radius 1 is 1.12 bits per heavy atom. The van der Waals surface area contributed by atoms with E-state index in [0.717, 1.165) is 30.9 Å². The number of hydrogen-bond donors (Lipinski definition) is 1. The molecule has 1 amide bonds. The van der Waals surface area contributed by atoms with Crippen LogP contribution in [0.25, 0.3) is 0 Å². The van der Waals surface area contributed by atoms with Gasteiger partial charge in [0.05, 0.1) is 11.4 Å². The van der Waals surface area contributed by atoms with Crippen molar-refractivity contribution in [3.63, 3.8) is 0 Å². The molecular weight excluding hydrogens is 316 g/mol. The number of nitrogens with zero attached hydrogens (tertiary/aromatic N) is 3. The Kier molecular flexibility index (Phi) is 5.48. The summed E-state index contributed by atoms with van der Waals surface area (Å²) >= 11 is 0. The van der Waals surface area contributed by atoms with Crippen molar-refractivity contribution in [2.45, 2.75) is 39.2 Å². The number of carbonyl (C=O) groups excluding carboxylic acids is 1. The molecule has 0 bridgehead atoms. The van der Waals surface area contributed by atoms with Gasteiger partial charge in [-0.1, -0.05) is 19.1 Å². The number of carbonyl (C=O) groups is 1. The summed E-state index contributed by atoms with van der Waals surface area (Å²) in [4.78, 5) is 26.7. The van der Waals surface area contributed by atoms with Crippen molar-refractivity contribution < 1.29 is 4.79 Å². The first kappa shape index (κ1) is 17.2. The Hall–Kier alpha value is -2.63. The summed E-state index contributed by atoms with van der Waals surface area (Å²) in [7, 11) is 0. The normalized spacial score (nSPS) is 14.4. The Morgan fingerprint density at radius 2 is 1.88 bits per heavy atom. The van der Waals surface area contributed by atoms with Crippen LogP contribution >= 0.6 is 0 Å². The SMILES string of the molecule is CCCn1nc(C(=O)Nc2ccccc2N2CCCCC2)ccc1=O. The van der Waals surface area contributed by atoms with Crippen molar-refractivity contribution in [1.29, 1.82) is 0 Å². The number of anilines is 2. The number of aryl methyl sites for hydroxylation is 1. The van der Waals surface area contributed by atoms with Crippen LogP contribution in [0.15, 0.2) is 41.2 Å². The number of benzene rings is 1. The van der Waals surface area contributed by atoms with Gasteiger partial charge in [0.1, 0.15) is 5.69 Å². The van der Waals surface area contributed by atoms with Gasteiger partial charge in [-0.2, -0.15) is 5.10 Å². The van der Waals surface area contributed by atoms with E-state index in [0.29, 0.717) is 6.54 Å². The van der Waals surface area contributed by atoms with Gasteiger partial charge in [0.2, 0.25) is 0 Å². The highest BCUT2D eigenvalue weighted by molar-refractivity contribution is 6.04. The van der Waals surface area contributed by atoms with E-state index >= 15 is 0 Å². The molecule has 132 valence electrons. The quantitative estimate of drug-likeness (QED) is 0.909. The molecule has 6 heteroatoms. The zero-order valence-electron chi connectivity index (χ0n) is 14.6. The minimum absolute atomic E-state index is 0.188. The van der Waals surface area contributed by atoms with Crippen LogP contribution in [0.2, 0.25) is 0 Å². The minimum atomic E-state index is -0.297. The molecule has 3 rings (SSSR count). The van der Waals surface area contributed by atoms with Crippen LogP contribution in [0, 0.1) is 0 Å². The molecule has 1 aliphatic heterocycles. The Balaban J connectivity index is 1.81. The fraction of sp³-hybridized carbons (Fsp3) is 0.421. The number of para-hydroxylation sites is 2. The molecule has 1 fully saturated rings. The van der Waals surface area contributed by atoms with Gasteiger partial charge in [0.15, 0.2) is 0 Å². The smallest absolute Gasteiger partial charge is 0.276 e. The highest BCUT2D eigenvalue weighted by Crippen LogP contribution is 2.28. The average molecular weight is 340 g/mol. The van der Waals surface area contributed by atoms with Crippen molar-refractivity contribution in [3.8, 4) is 0 Å². The zero-order chi connectivity index (χ0) is 17.6. The lowest BCUT2D eigenvalue weighted by Gasteiger charge is -2.30. The number of aromatic nitrogens is 2. The van der Waals surface area contributed by atoms with E-state index in [-0.39, 0.29) is 17.2 Å². The summed E-state index contributed by atoms with van der Waals surface area (Å²) in [6.07, 6.45) is 4.39. The Labute approximate surface area is 147 Å². The largest absolute Gasteiger partial charge is 0.370 e. The maximum atomic E-state index is 12.6. The van der Waals surface area contributed by atoms with E-state index in [4.69, 9.17) is 0 Å². The first-order chi connectivity index (χ1) is 12.2. The van der Waals surface area contributed by atoms with Gasteiger partial charge in [-0.15, -0.1) is 0 Å². The topological polar surface area (TPSA) is 67.2 Å². The molecule has 0 unspecified atom stereocenters. The number of hydrogen-bond acceptors (Lipinski definition) is 4. The van der Waals surface area contributed by atoms with Crippen molar-refractivity contribution in [2.24, 2.45) is 0 Å². The van der Waals surface area contributed by atoms with Crippen molar-refractivity contribution >= 4 is 17.3 Å². The van der Waals surface area contributed by atoms with Crippen LogP contribution in [-0.2, 0) is 6.54 Å². The zero-order valence-corrected chi connectivity index (χ0v) is 14.6. The van der Waals surface area contributed by atoms with E-state index in [9.17, 15) is 9.59 Å². The molecule has 6 nitrogen and oxygen atoms in total. The Morgan fingerprint density at radius 3 is 2.64 bits per heavy atom. The number of nitrogens with one attached hydrogen (secondary N) is 1. The number of amides is 1. The van der Waals surface area contributed by atoms with Crippen molar-refractivity contribution in [1.82, 2.24) is 9.78 Å². The van der Waals surface area contributed by atoms with E-state index < -0.39 is 0 Å². The summed E-state index contributed by atoms with van der Waals surface area (Å²) in [5.74, 6) is -0.297. The van der Waals surface area contributed by atoms with Gasteiger partial charge >= 0.3 is 0 Å². The van der Waals surface area contributed by atoms with E-state index in [1.165, 1.54) is 36.1 Å². The number of rotatable bonds is 5. The number of piperidine rings is 1. The monoisotopic (exact) mass is 340 g/mol. The molecule has 1 aliphatic rings. The fourth-order valence-electron chi connectivity index (χ4n) is 3.12. The van der Waals surface area contributed by atoms with Gasteiger partial charge in [0, 0.05) is 25.7 Å². The van der Waals surface area contributed by atoms with Gasteiger partial charge in [-0.3, -0.25) is 9.59 Å². The third-order valence-corrected chi connectivity index (χ3v) is 4.38. The van der Waals surface area contributed by atoms with Crippen LogP contribution < -0.4 is 15.8 Å². The van der Waals surface area contributed by atoms with E-state index in [1.54, 1.807) is 0 Å². The molecular formula is C19H24N4O2. The maximum Gasteiger partial charge on any atom is 0.276 e. The van der Waals surface area contributed by atoms with Gasteiger partial charge in [0.25, 0.3) is 11.5 Å². The molecule has 0 radical (unpaired) electrons. The van der Waals surface area contributed by atoms with E-state index in [2.05, 4.69) is 15.3 Å². The van der Waals surface area contributed by atoms with Gasteiger partial charge in [-0.25, -0.2) is 4.68 Å². The van der Waals surface area contributed by atoms with Crippen LogP contribution in [0.3, 0.4) is 0 Å². The van der Waals surface area contributed by atoms with Crippen molar-refractivity contribution in [2.75, 3.05) is 23.3 Å². The maximum absolute atomic E-state index is 12.6. The second kappa shape index (κ2) is 7.96. The molecule has 0 saturated carbocycles. The van der Waals surface area contributed by atoms with Crippen LogP contribution in [0.4, 0.5) is 11.4 Å². The molecule has 0 atom stereocenters. The Bertz CT molecular complexity index is 794. The second-order valence-corrected chi connectivity index (χ2v) is 6.30. The summed E-state index contributed by atoms with van der Waals surface area (Å²) in [6, 6.07) is 10.7. The molecule has 0 spiro atoms. The summed E-state index contributed by atoms with van der Waals surface area (Å²) in [6.45, 7) is 4.49. The molecule has 25 heavy (non-hydrogen) atoms. The van der Waals surface area contributed by atoms with Crippen LogP contribution in [0.1, 0.15) is 43.1 Å². The molecule has 0 aliphatic carbocycles. The molecule has 1 aromatic heterocycles. The predicted molar refractivity (Wildman–Crippen MR) is 99.2 cm³/mol. The predicted octanol–water partition coefficient (Wildman–Crippen LogP) is 2.90. The average Bonchev–Trinajstić information content (AvgIpc) is 2.65. The van der Waals surface area contributed by atoms with Gasteiger partial charge < -0.3 is 10.2 Å². The molecule has 1 saturated heterocycles. The van der Waals surface area contributed by atoms with Crippen LogP contribution in [-0.4, -0.2) is 28.8 Å². The summed E-state index contributed by atoms with van der Waals surface area (Å²) in [5, 5.41) is 7.13. The lowest BCUT2D eigenvalue weighted by molar-refractivity contribution is 0.102. The summed E-state index contributed by atoms with van der Waals surface area (Å²) < 4.78 is 1.34. The third kappa shape index (κ3) is 4.07. The molecule has 1 aromatic carbocycles. The molecule has 2 aromatic rings. The summed E-state index contributed by atoms with van der Waals surface area (Å²) in [5.41, 5.74) is 1.88. The second-order valence-electron chi connectivity index (χ2n) is 6.30. The lowest BCUT2D eigenvalue weighted by Crippen LogP contribution is -2.30. The van der Waals surface area contributed by atoms with E-state index in [1.807, 2.05) is 31.2 Å².